The van der Waals surface area contributed by atoms with Crippen LogP contribution in [0.1, 0.15) is 18.9 Å². The van der Waals surface area contributed by atoms with Gasteiger partial charge in [0.1, 0.15) is 0 Å². The molecule has 0 unspecified atom stereocenters. The molecule has 7 heteroatoms. The molecule has 1 aliphatic heterocycles. The minimum Gasteiger partial charge on any atom is -0.382 e. The molecule has 142 valence electrons. The summed E-state index contributed by atoms with van der Waals surface area (Å²) in [5, 5.41) is 17.0. The summed E-state index contributed by atoms with van der Waals surface area (Å²) >= 11 is 0. The second-order valence-electron chi connectivity index (χ2n) is 6.13. The van der Waals surface area contributed by atoms with E-state index in [0.29, 0.717) is 43.1 Å². The number of carbonyl (C=O) groups excluding carboxylic acids is 2. The Hall–Kier alpha value is -2.90. The molecule has 0 aromatic heterocycles. The highest BCUT2D eigenvalue weighted by atomic mass is 16.5. The average Bonchev–Trinajstić information content (AvgIpc) is 2.68. The number of urea groups is 1. The average molecular weight is 369 g/mol. The van der Waals surface area contributed by atoms with Gasteiger partial charge in [0.25, 0.3) is 11.6 Å². The van der Waals surface area contributed by atoms with Gasteiger partial charge in [-0.15, -0.1) is 0 Å². The van der Waals surface area contributed by atoms with E-state index in [-0.39, 0.29) is 0 Å². The Balaban J connectivity index is 1.95. The third kappa shape index (κ3) is 3.65. The molecule has 0 saturated carbocycles. The van der Waals surface area contributed by atoms with Crippen molar-refractivity contribution >= 4 is 23.3 Å². The highest BCUT2D eigenvalue weighted by molar-refractivity contribution is 6.11. The van der Waals surface area contributed by atoms with Crippen LogP contribution in [-0.4, -0.2) is 36.8 Å². The van der Waals surface area contributed by atoms with Crippen molar-refractivity contribution < 1.29 is 19.4 Å². The highest BCUT2D eigenvalue weighted by Gasteiger charge is 2.51. The third-order valence-corrected chi connectivity index (χ3v) is 4.36. The van der Waals surface area contributed by atoms with E-state index in [0.717, 1.165) is 4.90 Å². The number of hydrogen-bond donors (Lipinski definition) is 3. The molecular weight excluding hydrogens is 346 g/mol. The smallest absolute Gasteiger partial charge is 0.329 e. The van der Waals surface area contributed by atoms with Crippen LogP contribution in [0.15, 0.2) is 54.6 Å². The zero-order chi connectivity index (χ0) is 19.3. The van der Waals surface area contributed by atoms with Crippen LogP contribution in [-0.2, 0) is 15.3 Å². The molecule has 1 aliphatic rings. The summed E-state index contributed by atoms with van der Waals surface area (Å²) in [5.74, 6) is -0.662. The van der Waals surface area contributed by atoms with Gasteiger partial charge >= 0.3 is 6.03 Å². The van der Waals surface area contributed by atoms with Gasteiger partial charge in [-0.05, 0) is 31.5 Å². The Morgan fingerprint density at radius 3 is 2.63 bits per heavy atom. The number of benzene rings is 2. The number of anilines is 2. The number of amides is 3. The minimum atomic E-state index is -2.16. The summed E-state index contributed by atoms with van der Waals surface area (Å²) < 4.78 is 5.26. The van der Waals surface area contributed by atoms with Gasteiger partial charge in [0.05, 0.1) is 5.69 Å². The molecule has 0 aliphatic carbocycles. The van der Waals surface area contributed by atoms with Crippen LogP contribution in [0.3, 0.4) is 0 Å². The Morgan fingerprint density at radius 2 is 1.89 bits per heavy atom. The molecule has 0 spiro atoms. The number of carbonyl (C=O) groups is 2. The number of nitrogens with zero attached hydrogens (tertiary/aromatic N) is 1. The SMILES string of the molecule is CCOCCCNC(=O)[C@@]1(O)c2ccccc2NC(=O)N1c1ccccc1. The lowest BCUT2D eigenvalue weighted by Crippen LogP contribution is -2.62. The molecule has 2 aromatic rings. The number of rotatable bonds is 7. The van der Waals surface area contributed by atoms with Crippen molar-refractivity contribution in [2.24, 2.45) is 0 Å². The highest BCUT2D eigenvalue weighted by Crippen LogP contribution is 2.39. The van der Waals surface area contributed by atoms with Crippen molar-refractivity contribution in [3.05, 3.63) is 60.2 Å². The van der Waals surface area contributed by atoms with Gasteiger partial charge in [0.2, 0.25) is 0 Å². The van der Waals surface area contributed by atoms with Crippen molar-refractivity contribution in [2.45, 2.75) is 19.1 Å². The number of nitrogens with one attached hydrogen (secondary N) is 2. The maximum Gasteiger partial charge on any atom is 0.329 e. The molecule has 3 N–H and O–H groups in total. The summed E-state index contributed by atoms with van der Waals surface area (Å²) in [7, 11) is 0. The van der Waals surface area contributed by atoms with Gasteiger partial charge in [-0.25, -0.2) is 4.79 Å². The van der Waals surface area contributed by atoms with Gasteiger partial charge < -0.3 is 20.5 Å². The summed E-state index contributed by atoms with van der Waals surface area (Å²) in [5.41, 5.74) is -1.03. The summed E-state index contributed by atoms with van der Waals surface area (Å²) in [6.07, 6.45) is 0.606. The van der Waals surface area contributed by atoms with Crippen LogP contribution < -0.4 is 15.5 Å². The maximum absolute atomic E-state index is 13.0. The van der Waals surface area contributed by atoms with E-state index in [1.807, 2.05) is 6.92 Å². The number of aliphatic hydroxyl groups is 1. The second-order valence-corrected chi connectivity index (χ2v) is 6.13. The molecule has 1 atom stereocenters. The zero-order valence-corrected chi connectivity index (χ0v) is 15.1. The number of fused-ring (bicyclic) bond motifs is 1. The van der Waals surface area contributed by atoms with Crippen LogP contribution >= 0.6 is 0 Å². The van der Waals surface area contributed by atoms with Crippen LogP contribution in [0.4, 0.5) is 16.2 Å². The maximum atomic E-state index is 13.0. The first-order valence-electron chi connectivity index (χ1n) is 8.93. The van der Waals surface area contributed by atoms with E-state index in [4.69, 9.17) is 4.74 Å². The van der Waals surface area contributed by atoms with Crippen molar-refractivity contribution in [3.8, 4) is 0 Å². The third-order valence-electron chi connectivity index (χ3n) is 4.36. The summed E-state index contributed by atoms with van der Waals surface area (Å²) in [6, 6.07) is 14.8. The lowest BCUT2D eigenvalue weighted by atomic mass is 9.95. The van der Waals surface area contributed by atoms with E-state index in [1.54, 1.807) is 54.6 Å². The van der Waals surface area contributed by atoms with Crippen molar-refractivity contribution in [1.82, 2.24) is 5.32 Å². The Morgan fingerprint density at radius 1 is 1.19 bits per heavy atom. The molecule has 0 bridgehead atoms. The fraction of sp³-hybridized carbons (Fsp3) is 0.300. The van der Waals surface area contributed by atoms with E-state index >= 15 is 0 Å². The standard InChI is InChI=1S/C20H23N3O4/c1-2-27-14-8-13-21-18(24)20(26)16-11-6-7-12-17(16)22-19(25)23(20)15-9-4-3-5-10-15/h3-7,9-12,26H,2,8,13-14H2,1H3,(H,21,24)(H,22,25)/t20-/m0/s1. The van der Waals surface area contributed by atoms with Gasteiger partial charge in [0.15, 0.2) is 0 Å². The largest absolute Gasteiger partial charge is 0.382 e. The normalized spacial score (nSPS) is 18.6. The lowest BCUT2D eigenvalue weighted by molar-refractivity contribution is -0.140. The molecule has 27 heavy (non-hydrogen) atoms. The fourth-order valence-electron chi connectivity index (χ4n) is 3.08. The Kier molecular flexibility index (Phi) is 5.73. The van der Waals surface area contributed by atoms with Crippen molar-refractivity contribution in [1.29, 1.82) is 0 Å². The number of para-hydroxylation sites is 2. The van der Waals surface area contributed by atoms with Gasteiger partial charge in [-0.2, -0.15) is 0 Å². The molecule has 0 fully saturated rings. The Bertz CT molecular complexity index is 812. The summed E-state index contributed by atoms with van der Waals surface area (Å²) in [4.78, 5) is 26.8. The first-order valence-corrected chi connectivity index (χ1v) is 8.93. The predicted molar refractivity (Wildman–Crippen MR) is 102 cm³/mol. The van der Waals surface area contributed by atoms with Gasteiger partial charge in [0, 0.05) is 31.0 Å². The van der Waals surface area contributed by atoms with Crippen LogP contribution in [0, 0.1) is 0 Å². The fourth-order valence-corrected chi connectivity index (χ4v) is 3.08. The molecule has 1 heterocycles. The number of hydrogen-bond acceptors (Lipinski definition) is 4. The Labute approximate surface area is 157 Å². The van der Waals surface area contributed by atoms with Gasteiger partial charge in [-0.3, -0.25) is 9.69 Å². The minimum absolute atomic E-state index is 0.316. The first-order chi connectivity index (χ1) is 13.1. The molecule has 2 aromatic carbocycles. The topological polar surface area (TPSA) is 90.9 Å². The molecule has 3 rings (SSSR count). The van der Waals surface area contributed by atoms with E-state index < -0.39 is 17.7 Å². The molecule has 0 radical (unpaired) electrons. The molecule has 3 amide bonds. The van der Waals surface area contributed by atoms with E-state index in [2.05, 4.69) is 10.6 Å². The van der Waals surface area contributed by atoms with Crippen molar-refractivity contribution in [3.63, 3.8) is 0 Å². The van der Waals surface area contributed by atoms with Crippen LogP contribution in [0.2, 0.25) is 0 Å². The lowest BCUT2D eigenvalue weighted by Gasteiger charge is -2.42. The first kappa shape index (κ1) is 18.9. The van der Waals surface area contributed by atoms with E-state index in [1.165, 1.54) is 0 Å². The summed E-state index contributed by atoms with van der Waals surface area (Å²) in [6.45, 7) is 3.34. The molecule has 7 nitrogen and oxygen atoms in total. The van der Waals surface area contributed by atoms with Gasteiger partial charge in [-0.1, -0.05) is 36.4 Å². The monoisotopic (exact) mass is 369 g/mol. The predicted octanol–water partition coefficient (Wildman–Crippen LogP) is 2.43. The zero-order valence-electron chi connectivity index (χ0n) is 15.1. The number of ether oxygens (including phenoxy) is 1. The van der Waals surface area contributed by atoms with E-state index in [9.17, 15) is 14.7 Å². The molecular formula is C20H23N3O4. The quantitative estimate of drug-likeness (QED) is 0.654. The van der Waals surface area contributed by atoms with Crippen LogP contribution in [0.5, 0.6) is 0 Å². The second kappa shape index (κ2) is 8.20. The van der Waals surface area contributed by atoms with Crippen LogP contribution in [0.25, 0.3) is 0 Å². The molecule has 0 saturated heterocycles. The van der Waals surface area contributed by atoms with Crippen molar-refractivity contribution in [2.75, 3.05) is 30.0 Å².